The van der Waals surface area contributed by atoms with Gasteiger partial charge in [-0.15, -0.1) is 0 Å². The van der Waals surface area contributed by atoms with E-state index < -0.39 is 0 Å². The van der Waals surface area contributed by atoms with Crippen LogP contribution in [0.1, 0.15) is 88.0 Å². The van der Waals surface area contributed by atoms with E-state index in [0.29, 0.717) is 19.6 Å². The van der Waals surface area contributed by atoms with Crippen molar-refractivity contribution in [1.29, 1.82) is 0 Å². The van der Waals surface area contributed by atoms with Crippen LogP contribution in [0.25, 0.3) is 0 Å². The molecule has 0 aromatic rings. The van der Waals surface area contributed by atoms with Crippen molar-refractivity contribution < 1.29 is 9.63 Å². The molecule has 0 atom stereocenters. The first-order chi connectivity index (χ1) is 10.7. The van der Waals surface area contributed by atoms with Crippen molar-refractivity contribution in [2.24, 2.45) is 21.4 Å². The van der Waals surface area contributed by atoms with E-state index in [2.05, 4.69) is 72.8 Å². The van der Waals surface area contributed by atoms with Gasteiger partial charge in [-0.05, 0) is 35.5 Å². The van der Waals surface area contributed by atoms with Crippen LogP contribution in [0.2, 0.25) is 0 Å². The van der Waals surface area contributed by atoms with Gasteiger partial charge in [0.25, 0.3) is 0 Å². The molecule has 1 N–H and O–H groups in total. The Morgan fingerprint density at radius 2 is 1.38 bits per heavy atom. The molecule has 0 rings (SSSR count). The van der Waals surface area contributed by atoms with Gasteiger partial charge in [-0.1, -0.05) is 67.5 Å². The molecule has 0 bridgehead atoms. The Morgan fingerprint density at radius 3 is 1.79 bits per heavy atom. The number of amides is 1. The zero-order valence-electron chi connectivity index (χ0n) is 17.5. The molecule has 0 spiro atoms. The molecule has 0 saturated carbocycles. The molecule has 0 radical (unpaired) electrons. The molecule has 0 aliphatic carbocycles. The maximum Gasteiger partial charge on any atom is 0.223 e. The number of carbonyl (C=O) groups excluding carboxylic acids is 1. The van der Waals surface area contributed by atoms with Crippen LogP contribution < -0.4 is 5.32 Å². The maximum absolute atomic E-state index is 11.8. The Hall–Kier alpha value is -1.06. The molecule has 0 aromatic carbocycles. The minimum absolute atomic E-state index is 0.0302. The second-order valence-corrected chi connectivity index (χ2v) is 10.4. The number of nitrogens with one attached hydrogen (secondary N) is 1. The summed E-state index contributed by atoms with van der Waals surface area (Å²) in [5, 5.41) is 7.26. The number of nitrogens with zero attached hydrogens (tertiary/aromatic N) is 1. The molecule has 24 heavy (non-hydrogen) atoms. The van der Waals surface area contributed by atoms with E-state index in [1.54, 1.807) is 0 Å². The Bertz CT molecular complexity index is 389. The average Bonchev–Trinajstić information content (AvgIpc) is 2.28. The summed E-state index contributed by atoms with van der Waals surface area (Å²) >= 11 is 0. The van der Waals surface area contributed by atoms with E-state index in [9.17, 15) is 4.79 Å². The highest BCUT2D eigenvalue weighted by Gasteiger charge is 2.20. The molecule has 4 nitrogen and oxygen atoms in total. The minimum Gasteiger partial charge on any atom is -0.395 e. The first-order valence-corrected chi connectivity index (χ1v) is 9.12. The van der Waals surface area contributed by atoms with E-state index in [1.165, 1.54) is 0 Å². The summed E-state index contributed by atoms with van der Waals surface area (Å²) in [5.41, 5.74) is 1.67. The van der Waals surface area contributed by atoms with E-state index in [1.807, 2.05) is 0 Å². The molecule has 0 saturated heterocycles. The second-order valence-electron chi connectivity index (χ2n) is 10.4. The number of hydrogen-bond donors (Lipinski definition) is 1. The van der Waals surface area contributed by atoms with Gasteiger partial charge in [-0.25, -0.2) is 0 Å². The van der Waals surface area contributed by atoms with Crippen LogP contribution in [0.3, 0.4) is 0 Å². The standard InChI is InChI=1S/C20H40N2O2/c1-18(2,3)11-12-21-17(23)10-13-24-22-16(14-19(4,5)6)15-20(7,8)9/h10-15H2,1-9H3,(H,21,23). The predicted molar refractivity (Wildman–Crippen MR) is 103 cm³/mol. The highest BCUT2D eigenvalue weighted by molar-refractivity contribution is 5.85. The molecule has 1 amide bonds. The van der Waals surface area contributed by atoms with Crippen molar-refractivity contribution in [2.75, 3.05) is 13.2 Å². The van der Waals surface area contributed by atoms with Crippen LogP contribution in [0.5, 0.6) is 0 Å². The Morgan fingerprint density at radius 1 is 0.875 bits per heavy atom. The summed E-state index contributed by atoms with van der Waals surface area (Å²) in [6, 6.07) is 0. The normalized spacial score (nSPS) is 12.7. The minimum atomic E-state index is 0.0302. The molecule has 0 aliphatic rings. The third kappa shape index (κ3) is 15.8. The van der Waals surface area contributed by atoms with Gasteiger partial charge >= 0.3 is 0 Å². The predicted octanol–water partition coefficient (Wildman–Crippen LogP) is 5.17. The van der Waals surface area contributed by atoms with Crippen molar-refractivity contribution in [3.8, 4) is 0 Å². The van der Waals surface area contributed by atoms with Crippen molar-refractivity contribution in [3.05, 3.63) is 0 Å². The largest absolute Gasteiger partial charge is 0.395 e. The van der Waals surface area contributed by atoms with Gasteiger partial charge in [0.05, 0.1) is 12.1 Å². The van der Waals surface area contributed by atoms with Crippen LogP contribution in [0.4, 0.5) is 0 Å². The smallest absolute Gasteiger partial charge is 0.223 e. The lowest BCUT2D eigenvalue weighted by Crippen LogP contribution is -2.27. The molecule has 0 aliphatic heterocycles. The van der Waals surface area contributed by atoms with E-state index in [-0.39, 0.29) is 22.2 Å². The summed E-state index contributed by atoms with van der Waals surface area (Å²) < 4.78 is 0. The van der Waals surface area contributed by atoms with Gasteiger partial charge in [0.2, 0.25) is 5.91 Å². The lowest BCUT2D eigenvalue weighted by molar-refractivity contribution is -0.122. The highest BCUT2D eigenvalue weighted by Crippen LogP contribution is 2.26. The molecule has 0 aromatic heterocycles. The third-order valence-corrected chi connectivity index (χ3v) is 3.28. The van der Waals surface area contributed by atoms with Crippen LogP contribution >= 0.6 is 0 Å². The Kier molecular flexibility index (Phi) is 9.01. The molecule has 0 unspecified atom stereocenters. The van der Waals surface area contributed by atoms with Crippen LogP contribution in [-0.4, -0.2) is 24.8 Å². The quantitative estimate of drug-likeness (QED) is 0.376. The van der Waals surface area contributed by atoms with Crippen LogP contribution in [0.15, 0.2) is 5.16 Å². The maximum atomic E-state index is 11.8. The summed E-state index contributed by atoms with van der Waals surface area (Å²) in [7, 11) is 0. The van der Waals surface area contributed by atoms with Crippen molar-refractivity contribution >= 4 is 11.6 Å². The van der Waals surface area contributed by atoms with Gasteiger partial charge in [0.1, 0.15) is 6.61 Å². The number of oxime groups is 1. The van der Waals surface area contributed by atoms with Crippen molar-refractivity contribution in [3.63, 3.8) is 0 Å². The number of carbonyl (C=O) groups is 1. The van der Waals surface area contributed by atoms with E-state index in [0.717, 1.165) is 25.0 Å². The Labute approximate surface area is 149 Å². The SMILES string of the molecule is CC(C)(C)CCNC(=O)CCON=C(CC(C)(C)C)CC(C)(C)C. The zero-order valence-corrected chi connectivity index (χ0v) is 17.5. The molecule has 142 valence electrons. The zero-order chi connectivity index (χ0) is 19.0. The van der Waals surface area contributed by atoms with Gasteiger partial charge in [-0.3, -0.25) is 4.79 Å². The van der Waals surface area contributed by atoms with Crippen molar-refractivity contribution in [2.45, 2.75) is 88.0 Å². The third-order valence-electron chi connectivity index (χ3n) is 3.28. The van der Waals surface area contributed by atoms with Crippen LogP contribution in [0, 0.1) is 16.2 Å². The number of hydrogen-bond acceptors (Lipinski definition) is 3. The first-order valence-electron chi connectivity index (χ1n) is 9.12. The van der Waals surface area contributed by atoms with E-state index in [4.69, 9.17) is 4.84 Å². The summed E-state index contributed by atoms with van der Waals surface area (Å²) in [5.74, 6) is 0.0302. The average molecular weight is 341 g/mol. The summed E-state index contributed by atoms with van der Waals surface area (Å²) in [6.45, 7) is 20.8. The lowest BCUT2D eigenvalue weighted by atomic mass is 9.82. The fourth-order valence-corrected chi connectivity index (χ4v) is 2.29. The van der Waals surface area contributed by atoms with Gasteiger partial charge in [0.15, 0.2) is 0 Å². The first kappa shape index (κ1) is 22.9. The van der Waals surface area contributed by atoms with Crippen LogP contribution in [-0.2, 0) is 9.63 Å². The van der Waals surface area contributed by atoms with E-state index >= 15 is 0 Å². The monoisotopic (exact) mass is 340 g/mol. The van der Waals surface area contributed by atoms with Gasteiger partial charge in [0, 0.05) is 6.54 Å². The fraction of sp³-hybridized carbons (Fsp3) is 0.900. The van der Waals surface area contributed by atoms with Crippen molar-refractivity contribution in [1.82, 2.24) is 5.32 Å². The molecule has 0 heterocycles. The number of rotatable bonds is 8. The molecule has 0 fully saturated rings. The second kappa shape index (κ2) is 9.43. The Balaban J connectivity index is 4.28. The summed E-state index contributed by atoms with van der Waals surface area (Å²) in [4.78, 5) is 17.2. The molecular weight excluding hydrogens is 300 g/mol. The topological polar surface area (TPSA) is 50.7 Å². The van der Waals surface area contributed by atoms with Gasteiger partial charge < -0.3 is 10.2 Å². The molecular formula is C20H40N2O2. The van der Waals surface area contributed by atoms with Gasteiger partial charge in [-0.2, -0.15) is 0 Å². The molecule has 4 heteroatoms. The fourth-order valence-electron chi connectivity index (χ4n) is 2.29. The highest BCUT2D eigenvalue weighted by atomic mass is 16.6. The lowest BCUT2D eigenvalue weighted by Gasteiger charge is -2.24. The summed E-state index contributed by atoms with van der Waals surface area (Å²) in [6.07, 6.45) is 3.13.